The summed E-state index contributed by atoms with van der Waals surface area (Å²) in [5.74, 6) is -1.18. The van der Waals surface area contributed by atoms with Crippen LogP contribution in [0, 0.1) is 17.1 Å². The predicted molar refractivity (Wildman–Crippen MR) is 116 cm³/mol. The molecule has 3 rings (SSSR count). The van der Waals surface area contributed by atoms with Gasteiger partial charge < -0.3 is 0 Å². The van der Waals surface area contributed by atoms with Gasteiger partial charge in [0.15, 0.2) is 0 Å². The van der Waals surface area contributed by atoms with Crippen molar-refractivity contribution in [2.75, 3.05) is 5.32 Å². The first-order chi connectivity index (χ1) is 13.3. The summed E-state index contributed by atoms with van der Waals surface area (Å²) in [7, 11) is 2.49. The van der Waals surface area contributed by atoms with Gasteiger partial charge in [-0.1, -0.05) is 22.6 Å². The second-order valence-electron chi connectivity index (χ2n) is 5.49. The largest absolute Gasteiger partial charge is 0.293 e. The first-order valence-corrected chi connectivity index (χ1v) is 10.3. The zero-order chi connectivity index (χ0) is 20.4. The van der Waals surface area contributed by atoms with Gasteiger partial charge in [0.2, 0.25) is 11.9 Å². The Balaban J connectivity index is 1.97. The zero-order valence-electron chi connectivity index (χ0n) is 13.9. The van der Waals surface area contributed by atoms with Gasteiger partial charge in [-0.3, -0.25) is 14.9 Å². The molecule has 12 heteroatoms. The molecular formula is C16H10BrFIN6O2P. The third-order valence-electron chi connectivity index (χ3n) is 3.63. The van der Waals surface area contributed by atoms with Gasteiger partial charge in [0, 0.05) is 5.39 Å². The number of anilines is 1. The number of rotatable bonds is 4. The summed E-state index contributed by atoms with van der Waals surface area (Å²) in [5.41, 5.74) is -0.0266. The molecule has 1 N–H and O–H groups in total. The molecule has 8 nitrogen and oxygen atoms in total. The molecule has 0 aliphatic rings. The van der Waals surface area contributed by atoms with Crippen LogP contribution < -0.4 is 10.9 Å². The number of nitrogens with one attached hydrogen (secondary N) is 1. The van der Waals surface area contributed by atoms with Gasteiger partial charge in [0.25, 0.3) is 5.56 Å². The molecule has 0 radical (unpaired) electrons. The van der Waals surface area contributed by atoms with Gasteiger partial charge in [0.1, 0.15) is 18.4 Å². The summed E-state index contributed by atoms with van der Waals surface area (Å²) in [6.45, 7) is -0.406. The maximum absolute atomic E-state index is 14.6. The lowest BCUT2D eigenvalue weighted by atomic mass is 10.1. The van der Waals surface area contributed by atoms with Crippen LogP contribution in [0.2, 0.25) is 0 Å². The molecule has 2 unspecified atom stereocenters. The van der Waals surface area contributed by atoms with Crippen molar-refractivity contribution < 1.29 is 9.18 Å². The maximum Gasteiger partial charge on any atom is 0.275 e. The standard InChI is InChI=1S/C16H10BrFIN6O2P/c17-9-2-1-8-11(12(9)18)13(14(19)28)24-25(15(8)27)6-10(26)23-16-21-4-7(3-20)5-22-16/h1-2,4-5,14H,6,28H2,(H,21,22,23,26). The Bertz CT molecular complexity index is 1180. The molecule has 0 saturated carbocycles. The topological polar surface area (TPSA) is 114 Å². The summed E-state index contributed by atoms with van der Waals surface area (Å²) >= 11 is 5.14. The number of benzene rings is 1. The first kappa shape index (κ1) is 20.7. The fraction of sp³-hybridized carbons (Fsp3) is 0.125. The summed E-state index contributed by atoms with van der Waals surface area (Å²) < 4.78 is 15.5. The minimum absolute atomic E-state index is 0.00847. The van der Waals surface area contributed by atoms with Gasteiger partial charge in [-0.25, -0.2) is 19.0 Å². The number of nitrogens with zero attached hydrogens (tertiary/aromatic N) is 5. The van der Waals surface area contributed by atoms with Gasteiger partial charge in [-0.2, -0.15) is 10.4 Å². The van der Waals surface area contributed by atoms with Crippen LogP contribution in [0.5, 0.6) is 0 Å². The predicted octanol–water partition coefficient (Wildman–Crippen LogP) is 2.91. The van der Waals surface area contributed by atoms with Crippen molar-refractivity contribution in [2.45, 2.75) is 10.2 Å². The Morgan fingerprint density at radius 2 is 2.11 bits per heavy atom. The van der Waals surface area contributed by atoms with Crippen LogP contribution in [0.3, 0.4) is 0 Å². The van der Waals surface area contributed by atoms with Crippen molar-refractivity contribution in [2.24, 2.45) is 0 Å². The number of carbonyl (C=O) groups excluding carboxylic acids is 1. The van der Waals surface area contributed by atoms with Crippen LogP contribution in [0.15, 0.2) is 33.8 Å². The molecule has 1 amide bonds. The molecule has 2 atom stereocenters. The average molecular weight is 575 g/mol. The number of carbonyl (C=O) groups is 1. The number of alkyl halides is 1. The smallest absolute Gasteiger partial charge is 0.275 e. The van der Waals surface area contributed by atoms with E-state index in [4.69, 9.17) is 5.26 Å². The number of halogens is 3. The summed E-state index contributed by atoms with van der Waals surface area (Å²) in [4.78, 5) is 32.7. The molecule has 0 bridgehead atoms. The van der Waals surface area contributed by atoms with Crippen LogP contribution >= 0.6 is 47.8 Å². The zero-order valence-corrected chi connectivity index (χ0v) is 18.8. The maximum atomic E-state index is 14.6. The number of amides is 1. The highest BCUT2D eigenvalue weighted by Crippen LogP contribution is 2.35. The van der Waals surface area contributed by atoms with Gasteiger partial charge in [-0.05, 0) is 28.1 Å². The van der Waals surface area contributed by atoms with E-state index < -0.39 is 23.8 Å². The van der Waals surface area contributed by atoms with Crippen LogP contribution in [0.1, 0.15) is 14.9 Å². The third kappa shape index (κ3) is 4.19. The van der Waals surface area contributed by atoms with E-state index in [2.05, 4.69) is 45.6 Å². The van der Waals surface area contributed by atoms with Crippen LogP contribution in [0.4, 0.5) is 10.3 Å². The van der Waals surface area contributed by atoms with Crippen LogP contribution in [-0.4, -0.2) is 25.7 Å². The lowest BCUT2D eigenvalue weighted by Gasteiger charge is -2.13. The van der Waals surface area contributed by atoms with Crippen molar-refractivity contribution in [3.8, 4) is 6.07 Å². The number of fused-ring (bicyclic) bond motifs is 1. The first-order valence-electron chi connectivity index (χ1n) is 7.62. The molecule has 3 aromatic rings. The van der Waals surface area contributed by atoms with Crippen LogP contribution in [-0.2, 0) is 11.3 Å². The fourth-order valence-electron chi connectivity index (χ4n) is 2.39. The highest BCUT2D eigenvalue weighted by molar-refractivity contribution is 14.1. The molecule has 0 spiro atoms. The SMILES string of the molecule is N#Cc1cnc(NC(=O)Cn2nc(C(P)I)c3c(F)c(Br)ccc3c2=O)nc1. The number of hydrogen-bond donors (Lipinski definition) is 1. The molecule has 0 saturated heterocycles. The van der Waals surface area contributed by atoms with E-state index in [0.29, 0.717) is 5.69 Å². The van der Waals surface area contributed by atoms with E-state index in [-0.39, 0.29) is 30.4 Å². The number of aromatic nitrogens is 4. The number of nitriles is 1. The molecule has 2 heterocycles. The van der Waals surface area contributed by atoms with E-state index in [9.17, 15) is 14.0 Å². The van der Waals surface area contributed by atoms with Crippen molar-refractivity contribution >= 4 is 70.4 Å². The molecule has 0 aliphatic carbocycles. The van der Waals surface area contributed by atoms with E-state index in [1.165, 1.54) is 24.5 Å². The van der Waals surface area contributed by atoms with Crippen molar-refractivity contribution in [1.29, 1.82) is 5.26 Å². The van der Waals surface area contributed by atoms with E-state index in [1.807, 2.05) is 28.7 Å². The van der Waals surface area contributed by atoms with Crippen molar-refractivity contribution in [1.82, 2.24) is 19.7 Å². The lowest BCUT2D eigenvalue weighted by Crippen LogP contribution is -2.31. The average Bonchev–Trinajstić information content (AvgIpc) is 2.67. The Hall–Kier alpha value is -2.03. The molecular weight excluding hydrogens is 565 g/mol. The van der Waals surface area contributed by atoms with Gasteiger partial charge in [0.05, 0.1) is 37.2 Å². The summed E-state index contributed by atoms with van der Waals surface area (Å²) in [5, 5.41) is 15.6. The highest BCUT2D eigenvalue weighted by Gasteiger charge is 2.20. The summed E-state index contributed by atoms with van der Waals surface area (Å²) in [6.07, 6.45) is 2.52. The van der Waals surface area contributed by atoms with Crippen molar-refractivity contribution in [3.63, 3.8) is 0 Å². The Labute approximate surface area is 182 Å². The third-order valence-corrected chi connectivity index (χ3v) is 5.15. The second kappa shape index (κ2) is 8.55. The fourth-order valence-corrected chi connectivity index (χ4v) is 3.39. The lowest BCUT2D eigenvalue weighted by molar-refractivity contribution is -0.117. The van der Waals surface area contributed by atoms with E-state index >= 15 is 0 Å². The molecule has 1 aromatic carbocycles. The quantitative estimate of drug-likeness (QED) is 0.291. The molecule has 0 aliphatic heterocycles. The minimum Gasteiger partial charge on any atom is -0.293 e. The summed E-state index contributed by atoms with van der Waals surface area (Å²) in [6, 6.07) is 4.78. The molecule has 2 aromatic heterocycles. The Kier molecular flexibility index (Phi) is 6.32. The molecule has 142 valence electrons. The van der Waals surface area contributed by atoms with E-state index in [0.717, 1.165) is 4.68 Å². The van der Waals surface area contributed by atoms with Crippen LogP contribution in [0.25, 0.3) is 10.8 Å². The molecule has 0 fully saturated rings. The normalized spacial score (nSPS) is 11.8. The van der Waals surface area contributed by atoms with Crippen molar-refractivity contribution in [3.05, 3.63) is 56.4 Å². The monoisotopic (exact) mass is 574 g/mol. The Morgan fingerprint density at radius 3 is 2.71 bits per heavy atom. The number of hydrogen-bond acceptors (Lipinski definition) is 6. The van der Waals surface area contributed by atoms with E-state index in [1.54, 1.807) is 0 Å². The van der Waals surface area contributed by atoms with Gasteiger partial charge in [-0.15, -0.1) is 9.24 Å². The molecule has 28 heavy (non-hydrogen) atoms. The van der Waals surface area contributed by atoms with Gasteiger partial charge >= 0.3 is 0 Å². The Morgan fingerprint density at radius 1 is 1.43 bits per heavy atom. The minimum atomic E-state index is -0.594. The second-order valence-corrected chi connectivity index (χ2v) is 9.71. The highest BCUT2D eigenvalue weighted by atomic mass is 127.